The molecule has 2 atom stereocenters. The fourth-order valence-corrected chi connectivity index (χ4v) is 14.6. The second-order valence-corrected chi connectivity index (χ2v) is 24.3. The maximum absolute atomic E-state index is 15.4. The average Bonchev–Trinajstić information content (AvgIpc) is 1.56. The summed E-state index contributed by atoms with van der Waals surface area (Å²) in [5, 5.41) is 0. The van der Waals surface area contributed by atoms with Gasteiger partial charge in [-0.15, -0.1) is 0 Å². The first-order chi connectivity index (χ1) is 46.7. The monoisotopic (exact) mass is 1230 g/mol. The van der Waals surface area contributed by atoms with Crippen LogP contribution in [0, 0.1) is 11.6 Å². The molecule has 0 N–H and O–H groups in total. The van der Waals surface area contributed by atoms with E-state index in [-0.39, 0.29) is 11.6 Å². The van der Waals surface area contributed by atoms with Crippen molar-refractivity contribution in [2.75, 3.05) is 4.90 Å². The number of fused-ring (bicyclic) bond motifs is 6. The molecule has 0 saturated heterocycles. The van der Waals surface area contributed by atoms with E-state index in [0.29, 0.717) is 23.0 Å². The molecule has 0 saturated carbocycles. The van der Waals surface area contributed by atoms with E-state index in [2.05, 4.69) is 224 Å². The molecule has 95 heavy (non-hydrogen) atoms. The topological polar surface area (TPSA) is 21.7 Å². The molecule has 452 valence electrons. The summed E-state index contributed by atoms with van der Waals surface area (Å²) >= 11 is 0. The Labute approximate surface area is 552 Å². The van der Waals surface area contributed by atoms with Crippen molar-refractivity contribution < 1.29 is 18.3 Å². The highest BCUT2D eigenvalue weighted by Gasteiger charge is 2.48. The maximum atomic E-state index is 15.4. The number of hydrogen-bond donors (Lipinski definition) is 0. The van der Waals surface area contributed by atoms with Crippen molar-refractivity contribution in [1.29, 1.82) is 0 Å². The third-order valence-electron chi connectivity index (χ3n) is 19.0. The number of anilines is 3. The van der Waals surface area contributed by atoms with Crippen molar-refractivity contribution in [3.63, 3.8) is 0 Å². The molecule has 2 aliphatic rings. The fourth-order valence-electron chi connectivity index (χ4n) is 14.6. The number of rotatable bonds is 16. The van der Waals surface area contributed by atoms with Gasteiger partial charge in [-0.05, 0) is 233 Å². The number of halogens is 2. The molecule has 2 aliphatic carbocycles. The van der Waals surface area contributed by atoms with Crippen LogP contribution in [-0.4, -0.2) is 0 Å². The molecule has 0 bridgehead atoms. The Balaban J connectivity index is 0.880. The zero-order valence-corrected chi connectivity index (χ0v) is 51.8. The highest BCUT2D eigenvalue weighted by Crippen LogP contribution is 2.60. The maximum Gasteiger partial charge on any atom is 0.127 e. The number of nitrogens with zero attached hydrogens (tertiary/aromatic N) is 1. The number of ether oxygens (including phenoxy) is 2. The Hall–Kier alpha value is -12.2. The summed E-state index contributed by atoms with van der Waals surface area (Å²) in [4.78, 5) is 2.36. The normalized spacial score (nSPS) is 14.8. The molecule has 0 spiro atoms. The summed E-state index contributed by atoms with van der Waals surface area (Å²) in [6.45, 7) is 7.84. The fraction of sp³-hybridized carbons (Fsp3) is 0.0222. The van der Waals surface area contributed by atoms with Crippen LogP contribution >= 0.6 is 0 Å². The number of benzene rings is 14. The molecule has 0 heterocycles. The predicted octanol–water partition coefficient (Wildman–Crippen LogP) is 24.0. The Morgan fingerprint density at radius 3 is 0.979 bits per heavy atom. The lowest BCUT2D eigenvalue weighted by molar-refractivity contribution is 0.482. The van der Waals surface area contributed by atoms with E-state index in [9.17, 15) is 0 Å². The smallest absolute Gasteiger partial charge is 0.127 e. The molecular weight excluding hydrogens is 1160 g/mol. The van der Waals surface area contributed by atoms with Crippen molar-refractivity contribution in [2.45, 2.75) is 10.8 Å². The molecule has 5 heteroatoms. The van der Waals surface area contributed by atoms with E-state index in [4.69, 9.17) is 9.47 Å². The van der Waals surface area contributed by atoms with Gasteiger partial charge in [-0.3, -0.25) is 0 Å². The van der Waals surface area contributed by atoms with Crippen LogP contribution < -0.4 is 14.4 Å². The van der Waals surface area contributed by atoms with E-state index < -0.39 is 10.8 Å². The van der Waals surface area contributed by atoms with Crippen molar-refractivity contribution in [3.05, 3.63) is 414 Å². The van der Waals surface area contributed by atoms with Crippen LogP contribution in [0.1, 0.15) is 55.6 Å². The minimum absolute atomic E-state index is 0.316. The molecule has 0 fully saturated rings. The summed E-state index contributed by atoms with van der Waals surface area (Å²) in [5.41, 5.74) is 22.1. The highest BCUT2D eigenvalue weighted by molar-refractivity contribution is 5.93. The minimum Gasteiger partial charge on any atom is -0.457 e. The summed E-state index contributed by atoms with van der Waals surface area (Å²) in [5.74, 6) is 2.16. The van der Waals surface area contributed by atoms with Crippen molar-refractivity contribution in [1.82, 2.24) is 0 Å². The van der Waals surface area contributed by atoms with Gasteiger partial charge < -0.3 is 14.4 Å². The highest BCUT2D eigenvalue weighted by atomic mass is 19.1. The first-order valence-corrected chi connectivity index (χ1v) is 31.9. The van der Waals surface area contributed by atoms with E-state index in [1.54, 1.807) is 24.3 Å². The molecule has 14 aromatic rings. The lowest BCUT2D eigenvalue weighted by Crippen LogP contribution is -2.29. The van der Waals surface area contributed by atoms with Gasteiger partial charge >= 0.3 is 0 Å². The zero-order valence-electron chi connectivity index (χ0n) is 51.8. The predicted molar refractivity (Wildman–Crippen MR) is 385 cm³/mol. The second kappa shape index (κ2) is 24.1. The molecule has 0 amide bonds. The van der Waals surface area contributed by atoms with Crippen LogP contribution in [0.2, 0.25) is 0 Å². The van der Waals surface area contributed by atoms with Gasteiger partial charge in [-0.25, -0.2) is 8.78 Å². The molecule has 14 aromatic carbocycles. The standard InChI is InChI=1S/C90H61F2NO2/c1-3-60-24-46-77(47-25-60)94-79-50-34-70(35-51-79)89(68-30-38-72(91)39-31-68)85-22-10-8-20-81(85)83-54-44-75(58-87(83)89)93(74-42-28-63(29-43-74)65-17-13-19-67(57-65)66-18-12-16-64(56-66)62-14-6-5-7-15-62)76-45-55-84-82-21-9-11-23-86(82)90(88(84)59-76,69-32-40-73(92)41-33-69)71-36-52-80(53-37-71)95-78-48-26-61(4-2)27-49-78/h3-59H,1-2H2. The summed E-state index contributed by atoms with van der Waals surface area (Å²) < 4.78 is 43.7. The molecular formula is C90H61F2NO2. The van der Waals surface area contributed by atoms with Crippen molar-refractivity contribution in [3.8, 4) is 78.6 Å². The summed E-state index contributed by atoms with van der Waals surface area (Å²) in [6, 6.07) is 114. The Bertz CT molecular complexity index is 4960. The molecule has 0 aromatic heterocycles. The van der Waals surface area contributed by atoms with Gasteiger partial charge in [0.15, 0.2) is 0 Å². The van der Waals surface area contributed by atoms with Gasteiger partial charge in [0.2, 0.25) is 0 Å². The van der Waals surface area contributed by atoms with Gasteiger partial charge in [0.25, 0.3) is 0 Å². The van der Waals surface area contributed by atoms with E-state index in [0.717, 1.165) is 123 Å². The van der Waals surface area contributed by atoms with Crippen LogP contribution in [0.5, 0.6) is 23.0 Å². The van der Waals surface area contributed by atoms with Gasteiger partial charge in [-0.2, -0.15) is 0 Å². The molecule has 3 nitrogen and oxygen atoms in total. The first-order valence-electron chi connectivity index (χ1n) is 31.9. The lowest BCUT2D eigenvalue weighted by Gasteiger charge is -2.36. The van der Waals surface area contributed by atoms with Gasteiger partial charge in [0.05, 0.1) is 10.8 Å². The Kier molecular flexibility index (Phi) is 14.7. The van der Waals surface area contributed by atoms with Crippen LogP contribution in [0.15, 0.2) is 347 Å². The van der Waals surface area contributed by atoms with Crippen molar-refractivity contribution >= 4 is 29.2 Å². The number of hydrogen-bond acceptors (Lipinski definition) is 3. The van der Waals surface area contributed by atoms with Crippen LogP contribution in [0.4, 0.5) is 25.8 Å². The summed E-state index contributed by atoms with van der Waals surface area (Å²) in [7, 11) is 0. The lowest BCUT2D eigenvalue weighted by atomic mass is 9.67. The van der Waals surface area contributed by atoms with Gasteiger partial charge in [0.1, 0.15) is 34.6 Å². The third kappa shape index (κ3) is 10.2. The molecule has 16 rings (SSSR count). The van der Waals surface area contributed by atoms with Crippen LogP contribution in [-0.2, 0) is 10.8 Å². The van der Waals surface area contributed by atoms with E-state index in [1.807, 2.05) is 115 Å². The zero-order chi connectivity index (χ0) is 64.0. The molecule has 0 aliphatic heterocycles. The minimum atomic E-state index is -0.914. The van der Waals surface area contributed by atoms with Crippen LogP contribution in [0.3, 0.4) is 0 Å². The third-order valence-corrected chi connectivity index (χ3v) is 19.0. The van der Waals surface area contributed by atoms with Gasteiger partial charge in [-0.1, -0.05) is 238 Å². The van der Waals surface area contributed by atoms with E-state index >= 15 is 8.78 Å². The Morgan fingerprint density at radius 1 is 0.263 bits per heavy atom. The van der Waals surface area contributed by atoms with E-state index in [1.165, 1.54) is 5.56 Å². The van der Waals surface area contributed by atoms with Crippen LogP contribution in [0.25, 0.3) is 67.8 Å². The largest absolute Gasteiger partial charge is 0.457 e. The van der Waals surface area contributed by atoms with Crippen molar-refractivity contribution in [2.24, 2.45) is 0 Å². The second-order valence-electron chi connectivity index (χ2n) is 24.3. The molecule has 2 unspecified atom stereocenters. The quantitative estimate of drug-likeness (QED) is 0.0962. The average molecular weight is 1230 g/mol. The first kappa shape index (κ1) is 57.9. The summed E-state index contributed by atoms with van der Waals surface area (Å²) in [6.07, 6.45) is 3.63. The SMILES string of the molecule is C=Cc1ccc(Oc2ccc(C3(c4ccc(F)cc4)c4ccccc4-c4ccc(N(c5ccc(-c6cccc(-c7cccc(-c8ccccc8)c7)c6)cc5)c5ccc6c(c5)C(c5ccc(F)cc5)(c5ccc(Oc7ccc(C=C)cc7)cc5)c5ccccc5-6)cc43)cc2)cc1. The molecule has 0 radical (unpaired) electrons. The van der Waals surface area contributed by atoms with Gasteiger partial charge in [0, 0.05) is 17.1 Å². The Morgan fingerprint density at radius 2 is 0.579 bits per heavy atom.